The fourth-order valence-corrected chi connectivity index (χ4v) is 2.78. The summed E-state index contributed by atoms with van der Waals surface area (Å²) < 4.78 is 0. The second-order valence-electron chi connectivity index (χ2n) is 5.63. The summed E-state index contributed by atoms with van der Waals surface area (Å²) >= 11 is 0. The Kier molecular flexibility index (Phi) is 6.05. The van der Waals surface area contributed by atoms with E-state index >= 15 is 0 Å². The standard InChI is InChI=1S/C19H22N2.ClH/c1-15(16-7-3-2-4-8-16)13-20-12-11-17-14-21-19-10-6-5-9-18(17)19;/h2-10,14-15,20-21H,11-13H2,1H3;1H. The summed E-state index contributed by atoms with van der Waals surface area (Å²) in [5.41, 5.74) is 4.02. The molecule has 0 aliphatic rings. The lowest BCUT2D eigenvalue weighted by molar-refractivity contribution is 0.616. The number of H-pyrrole nitrogens is 1. The van der Waals surface area contributed by atoms with Gasteiger partial charge in [-0.25, -0.2) is 0 Å². The van der Waals surface area contributed by atoms with Gasteiger partial charge in [0.25, 0.3) is 0 Å². The van der Waals surface area contributed by atoms with E-state index in [9.17, 15) is 0 Å². The molecule has 0 bridgehead atoms. The summed E-state index contributed by atoms with van der Waals surface area (Å²) in [7, 11) is 0. The Morgan fingerprint density at radius 3 is 2.55 bits per heavy atom. The first kappa shape index (κ1) is 16.6. The molecular formula is C19H23ClN2. The molecule has 0 amide bonds. The highest BCUT2D eigenvalue weighted by molar-refractivity contribution is 5.85. The highest BCUT2D eigenvalue weighted by Gasteiger charge is 2.05. The summed E-state index contributed by atoms with van der Waals surface area (Å²) in [6, 6.07) is 19.2. The maximum Gasteiger partial charge on any atom is 0.0456 e. The molecule has 1 heterocycles. The normalized spacial score (nSPS) is 12.0. The molecule has 0 spiro atoms. The topological polar surface area (TPSA) is 27.8 Å². The van der Waals surface area contributed by atoms with Crippen molar-refractivity contribution in [3.8, 4) is 0 Å². The SMILES string of the molecule is CC(CNCCc1c[nH]c2ccccc12)c1ccccc1.Cl. The molecule has 1 atom stereocenters. The van der Waals surface area contributed by atoms with Gasteiger partial charge in [-0.15, -0.1) is 12.4 Å². The van der Waals surface area contributed by atoms with Gasteiger partial charge in [-0.05, 0) is 36.1 Å². The van der Waals surface area contributed by atoms with E-state index in [0.717, 1.165) is 19.5 Å². The molecule has 0 saturated heterocycles. The van der Waals surface area contributed by atoms with Gasteiger partial charge in [-0.3, -0.25) is 0 Å². The first-order chi connectivity index (χ1) is 10.3. The average Bonchev–Trinajstić information content (AvgIpc) is 2.95. The van der Waals surface area contributed by atoms with E-state index in [1.165, 1.54) is 22.0 Å². The molecule has 0 fully saturated rings. The lowest BCUT2D eigenvalue weighted by atomic mass is 10.0. The minimum Gasteiger partial charge on any atom is -0.361 e. The Morgan fingerprint density at radius 2 is 1.73 bits per heavy atom. The van der Waals surface area contributed by atoms with E-state index < -0.39 is 0 Å². The van der Waals surface area contributed by atoms with Gasteiger partial charge in [-0.1, -0.05) is 55.5 Å². The molecule has 3 heteroatoms. The van der Waals surface area contributed by atoms with Gasteiger partial charge in [-0.2, -0.15) is 0 Å². The average molecular weight is 315 g/mol. The zero-order chi connectivity index (χ0) is 14.5. The van der Waals surface area contributed by atoms with Gasteiger partial charge in [0.05, 0.1) is 0 Å². The monoisotopic (exact) mass is 314 g/mol. The molecular weight excluding hydrogens is 292 g/mol. The van der Waals surface area contributed by atoms with Crippen LogP contribution in [0.15, 0.2) is 60.8 Å². The Hall–Kier alpha value is -1.77. The smallest absolute Gasteiger partial charge is 0.0456 e. The molecule has 2 N–H and O–H groups in total. The molecule has 3 aromatic rings. The number of hydrogen-bond donors (Lipinski definition) is 2. The summed E-state index contributed by atoms with van der Waals surface area (Å²) in [6.07, 6.45) is 3.19. The van der Waals surface area contributed by atoms with Crippen LogP contribution in [0.25, 0.3) is 10.9 Å². The molecule has 0 aliphatic carbocycles. The van der Waals surface area contributed by atoms with Crippen LogP contribution in [-0.4, -0.2) is 18.1 Å². The van der Waals surface area contributed by atoms with E-state index in [2.05, 4.69) is 78.0 Å². The molecule has 22 heavy (non-hydrogen) atoms. The zero-order valence-corrected chi connectivity index (χ0v) is 13.7. The van der Waals surface area contributed by atoms with Crippen molar-refractivity contribution in [1.82, 2.24) is 10.3 Å². The minimum atomic E-state index is 0. The predicted octanol–water partition coefficient (Wildman–Crippen LogP) is 4.53. The van der Waals surface area contributed by atoms with Crippen LogP contribution in [0, 0.1) is 0 Å². The second kappa shape index (κ2) is 8.02. The molecule has 3 rings (SSSR count). The van der Waals surface area contributed by atoms with E-state index in [1.807, 2.05) is 0 Å². The van der Waals surface area contributed by atoms with Gasteiger partial charge in [0.1, 0.15) is 0 Å². The summed E-state index contributed by atoms with van der Waals surface area (Å²) in [5.74, 6) is 0.550. The number of nitrogens with one attached hydrogen (secondary N) is 2. The fourth-order valence-electron chi connectivity index (χ4n) is 2.78. The van der Waals surface area contributed by atoms with Crippen molar-refractivity contribution >= 4 is 23.3 Å². The second-order valence-corrected chi connectivity index (χ2v) is 5.63. The van der Waals surface area contributed by atoms with Gasteiger partial charge in [0.15, 0.2) is 0 Å². The first-order valence-corrected chi connectivity index (χ1v) is 7.65. The summed E-state index contributed by atoms with van der Waals surface area (Å²) in [6.45, 7) is 4.30. The molecule has 0 radical (unpaired) electrons. The van der Waals surface area contributed by atoms with Crippen LogP contribution >= 0.6 is 12.4 Å². The van der Waals surface area contributed by atoms with Gasteiger partial charge >= 0.3 is 0 Å². The fraction of sp³-hybridized carbons (Fsp3) is 0.263. The van der Waals surface area contributed by atoms with E-state index in [-0.39, 0.29) is 12.4 Å². The van der Waals surface area contributed by atoms with Crippen LogP contribution < -0.4 is 5.32 Å². The van der Waals surface area contributed by atoms with Crippen molar-refractivity contribution < 1.29 is 0 Å². The quantitative estimate of drug-likeness (QED) is 0.643. The number of benzene rings is 2. The molecule has 2 nitrogen and oxygen atoms in total. The van der Waals surface area contributed by atoms with Crippen LogP contribution in [-0.2, 0) is 6.42 Å². The third-order valence-electron chi connectivity index (χ3n) is 4.07. The first-order valence-electron chi connectivity index (χ1n) is 7.65. The highest BCUT2D eigenvalue weighted by Crippen LogP contribution is 2.18. The molecule has 2 aromatic carbocycles. The van der Waals surface area contributed by atoms with Crippen LogP contribution in [0.5, 0.6) is 0 Å². The molecule has 0 saturated carbocycles. The number of halogens is 1. The number of fused-ring (bicyclic) bond motifs is 1. The molecule has 0 aliphatic heterocycles. The number of aromatic nitrogens is 1. The van der Waals surface area contributed by atoms with Crippen molar-refractivity contribution in [2.45, 2.75) is 19.3 Å². The van der Waals surface area contributed by atoms with Gasteiger partial charge in [0.2, 0.25) is 0 Å². The van der Waals surface area contributed by atoms with E-state index in [1.54, 1.807) is 0 Å². The van der Waals surface area contributed by atoms with E-state index in [0.29, 0.717) is 5.92 Å². The lowest BCUT2D eigenvalue weighted by Gasteiger charge is -2.12. The van der Waals surface area contributed by atoms with Crippen molar-refractivity contribution in [3.05, 3.63) is 71.9 Å². The Bertz CT molecular complexity index is 691. The third-order valence-corrected chi connectivity index (χ3v) is 4.07. The molecule has 1 unspecified atom stereocenters. The number of para-hydroxylation sites is 1. The Labute approximate surface area is 138 Å². The van der Waals surface area contributed by atoms with Crippen molar-refractivity contribution in [2.75, 3.05) is 13.1 Å². The number of aromatic amines is 1. The van der Waals surface area contributed by atoms with Crippen molar-refractivity contribution in [3.63, 3.8) is 0 Å². The van der Waals surface area contributed by atoms with E-state index in [4.69, 9.17) is 0 Å². The lowest BCUT2D eigenvalue weighted by Crippen LogP contribution is -2.22. The van der Waals surface area contributed by atoms with Crippen LogP contribution in [0.1, 0.15) is 24.0 Å². The maximum absolute atomic E-state index is 3.57. The zero-order valence-electron chi connectivity index (χ0n) is 12.9. The third kappa shape index (κ3) is 3.90. The minimum absolute atomic E-state index is 0. The van der Waals surface area contributed by atoms with Crippen LogP contribution in [0.3, 0.4) is 0 Å². The van der Waals surface area contributed by atoms with Crippen molar-refractivity contribution in [1.29, 1.82) is 0 Å². The number of rotatable bonds is 6. The summed E-state index contributed by atoms with van der Waals surface area (Å²) in [4.78, 5) is 3.34. The number of hydrogen-bond acceptors (Lipinski definition) is 1. The maximum atomic E-state index is 3.57. The van der Waals surface area contributed by atoms with Gasteiger partial charge in [0, 0.05) is 23.6 Å². The summed E-state index contributed by atoms with van der Waals surface area (Å²) in [5, 5.41) is 4.92. The predicted molar refractivity (Wildman–Crippen MR) is 97.0 cm³/mol. The van der Waals surface area contributed by atoms with Crippen LogP contribution in [0.4, 0.5) is 0 Å². The van der Waals surface area contributed by atoms with Crippen molar-refractivity contribution in [2.24, 2.45) is 0 Å². The van der Waals surface area contributed by atoms with Gasteiger partial charge < -0.3 is 10.3 Å². The Balaban J connectivity index is 0.00000176. The largest absolute Gasteiger partial charge is 0.361 e. The molecule has 1 aromatic heterocycles. The van der Waals surface area contributed by atoms with Crippen LogP contribution in [0.2, 0.25) is 0 Å². The highest BCUT2D eigenvalue weighted by atomic mass is 35.5. The Morgan fingerprint density at radius 1 is 1.00 bits per heavy atom. The molecule has 116 valence electrons.